The molecule has 0 spiro atoms. The molecule has 0 aliphatic carbocycles. The van der Waals surface area contributed by atoms with Crippen LogP contribution >= 0.6 is 15.9 Å². The third-order valence-electron chi connectivity index (χ3n) is 2.70. The lowest BCUT2D eigenvalue weighted by atomic mass is 10.2. The van der Waals surface area contributed by atoms with E-state index in [0.717, 1.165) is 4.47 Å². The van der Waals surface area contributed by atoms with Crippen molar-refractivity contribution in [2.45, 2.75) is 0 Å². The van der Waals surface area contributed by atoms with Crippen LogP contribution in [0.2, 0.25) is 0 Å². The molecule has 1 heterocycles. The summed E-state index contributed by atoms with van der Waals surface area (Å²) in [5, 5.41) is 13.6. The van der Waals surface area contributed by atoms with Crippen molar-refractivity contribution in [3.63, 3.8) is 0 Å². The number of benzene rings is 2. The lowest BCUT2D eigenvalue weighted by Crippen LogP contribution is -1.83. The molecule has 3 aromatic rings. The molecular formula is C14H8BrFN2O2. The first kappa shape index (κ1) is 12.8. The number of nitrogens with zero attached hydrogens (tertiary/aromatic N) is 2. The van der Waals surface area contributed by atoms with E-state index in [4.69, 9.17) is 4.52 Å². The Hall–Kier alpha value is -2.21. The van der Waals surface area contributed by atoms with E-state index in [2.05, 4.69) is 26.1 Å². The lowest BCUT2D eigenvalue weighted by Gasteiger charge is -1.99. The molecule has 0 fully saturated rings. The molecule has 0 saturated carbocycles. The molecule has 0 bridgehead atoms. The highest BCUT2D eigenvalue weighted by Crippen LogP contribution is 2.31. The van der Waals surface area contributed by atoms with Gasteiger partial charge in [-0.3, -0.25) is 0 Å². The summed E-state index contributed by atoms with van der Waals surface area (Å²) in [5.41, 5.74) is 0.920. The maximum Gasteiger partial charge on any atom is 0.262 e. The first-order valence-electron chi connectivity index (χ1n) is 5.72. The summed E-state index contributed by atoms with van der Waals surface area (Å²) in [4.78, 5) is 4.17. The number of hydrogen-bond donors (Lipinski definition) is 1. The smallest absolute Gasteiger partial charge is 0.262 e. The maximum absolute atomic E-state index is 13.2. The minimum absolute atomic E-state index is 0.0302. The van der Waals surface area contributed by atoms with Crippen molar-refractivity contribution >= 4 is 15.9 Å². The van der Waals surface area contributed by atoms with Crippen molar-refractivity contribution in [1.82, 2.24) is 10.1 Å². The van der Waals surface area contributed by atoms with Gasteiger partial charge in [0.05, 0.1) is 5.56 Å². The molecule has 0 aliphatic rings. The molecule has 0 saturated heterocycles. The van der Waals surface area contributed by atoms with Crippen LogP contribution in [-0.4, -0.2) is 15.2 Å². The number of aromatic nitrogens is 2. The number of hydrogen-bond acceptors (Lipinski definition) is 4. The summed E-state index contributed by atoms with van der Waals surface area (Å²) < 4.78 is 19.1. The summed E-state index contributed by atoms with van der Waals surface area (Å²) in [7, 11) is 0. The Morgan fingerprint density at radius 2 is 2.00 bits per heavy atom. The van der Waals surface area contributed by atoms with Crippen LogP contribution in [0, 0.1) is 5.82 Å². The van der Waals surface area contributed by atoms with Gasteiger partial charge >= 0.3 is 0 Å². The van der Waals surface area contributed by atoms with Crippen LogP contribution in [-0.2, 0) is 0 Å². The molecule has 0 radical (unpaired) electrons. The van der Waals surface area contributed by atoms with E-state index in [1.54, 1.807) is 24.3 Å². The molecule has 100 valence electrons. The Labute approximate surface area is 122 Å². The molecule has 0 unspecified atom stereocenters. The molecule has 0 amide bonds. The van der Waals surface area contributed by atoms with Crippen molar-refractivity contribution in [3.05, 3.63) is 52.8 Å². The number of aromatic hydroxyl groups is 1. The van der Waals surface area contributed by atoms with Gasteiger partial charge in [-0.1, -0.05) is 33.2 Å². The predicted molar refractivity (Wildman–Crippen MR) is 74.5 cm³/mol. The molecule has 6 heteroatoms. The van der Waals surface area contributed by atoms with Gasteiger partial charge in [0.2, 0.25) is 5.82 Å². The zero-order valence-corrected chi connectivity index (χ0v) is 11.6. The highest BCUT2D eigenvalue weighted by Gasteiger charge is 2.14. The number of phenolic OH excluding ortho intramolecular Hbond substituents is 1. The quantitative estimate of drug-likeness (QED) is 0.769. The third-order valence-corrected chi connectivity index (χ3v) is 3.19. The molecule has 3 rings (SSSR count). The molecule has 4 nitrogen and oxygen atoms in total. The molecular weight excluding hydrogens is 327 g/mol. The van der Waals surface area contributed by atoms with Crippen LogP contribution in [0.5, 0.6) is 5.75 Å². The van der Waals surface area contributed by atoms with E-state index in [0.29, 0.717) is 11.1 Å². The number of rotatable bonds is 2. The molecule has 0 aliphatic heterocycles. The van der Waals surface area contributed by atoms with E-state index < -0.39 is 0 Å². The Kier molecular flexibility index (Phi) is 3.23. The largest absolute Gasteiger partial charge is 0.507 e. The molecule has 1 aromatic heterocycles. The monoisotopic (exact) mass is 334 g/mol. The second-order valence-electron chi connectivity index (χ2n) is 4.09. The minimum atomic E-state index is -0.376. The van der Waals surface area contributed by atoms with Crippen molar-refractivity contribution in [2.75, 3.05) is 0 Å². The van der Waals surface area contributed by atoms with Gasteiger partial charge in [0, 0.05) is 10.0 Å². The average molecular weight is 335 g/mol. The van der Waals surface area contributed by atoms with Crippen molar-refractivity contribution in [3.8, 4) is 28.6 Å². The number of phenols is 1. The Morgan fingerprint density at radius 1 is 1.15 bits per heavy atom. The van der Waals surface area contributed by atoms with Crippen LogP contribution < -0.4 is 0 Å². The highest BCUT2D eigenvalue weighted by atomic mass is 79.9. The van der Waals surface area contributed by atoms with Crippen molar-refractivity contribution in [1.29, 1.82) is 0 Å². The zero-order chi connectivity index (χ0) is 14.1. The van der Waals surface area contributed by atoms with Crippen LogP contribution in [0.15, 0.2) is 51.5 Å². The van der Waals surface area contributed by atoms with E-state index in [1.165, 1.54) is 18.2 Å². The van der Waals surface area contributed by atoms with E-state index in [9.17, 15) is 9.50 Å². The van der Waals surface area contributed by atoms with Crippen LogP contribution in [0.3, 0.4) is 0 Å². The lowest BCUT2D eigenvalue weighted by molar-refractivity contribution is 0.425. The van der Waals surface area contributed by atoms with Crippen LogP contribution in [0.4, 0.5) is 4.39 Å². The second kappa shape index (κ2) is 5.05. The summed E-state index contributed by atoms with van der Waals surface area (Å²) in [6.45, 7) is 0. The first-order chi connectivity index (χ1) is 9.63. The SMILES string of the molecule is Oc1ccc(Br)cc1-c1nc(-c2cccc(F)c2)no1. The minimum Gasteiger partial charge on any atom is -0.507 e. The zero-order valence-electron chi connectivity index (χ0n) is 10.0. The van der Waals surface area contributed by atoms with Gasteiger partial charge in [-0.05, 0) is 30.3 Å². The maximum atomic E-state index is 13.2. The van der Waals surface area contributed by atoms with E-state index in [1.807, 2.05) is 0 Å². The van der Waals surface area contributed by atoms with Crippen LogP contribution in [0.25, 0.3) is 22.8 Å². The predicted octanol–water partition coefficient (Wildman–Crippen LogP) is 4.01. The fourth-order valence-electron chi connectivity index (χ4n) is 1.76. The van der Waals surface area contributed by atoms with Gasteiger partial charge in [0.1, 0.15) is 11.6 Å². The Bertz CT molecular complexity index is 773. The summed E-state index contributed by atoms with van der Waals surface area (Å²) in [5.74, 6) is 0.0868. The fraction of sp³-hybridized carbons (Fsp3) is 0. The van der Waals surface area contributed by atoms with E-state index >= 15 is 0 Å². The van der Waals surface area contributed by atoms with Gasteiger partial charge in [-0.15, -0.1) is 0 Å². The van der Waals surface area contributed by atoms with Gasteiger partial charge in [0.15, 0.2) is 0 Å². The number of halogens is 2. The molecule has 0 atom stereocenters. The second-order valence-corrected chi connectivity index (χ2v) is 5.01. The highest BCUT2D eigenvalue weighted by molar-refractivity contribution is 9.10. The third kappa shape index (κ3) is 2.42. The topological polar surface area (TPSA) is 59.2 Å². The van der Waals surface area contributed by atoms with E-state index in [-0.39, 0.29) is 23.3 Å². The Morgan fingerprint density at radius 3 is 2.80 bits per heavy atom. The standard InChI is InChI=1S/C14H8BrFN2O2/c15-9-4-5-12(19)11(7-9)14-17-13(18-20-14)8-2-1-3-10(16)6-8/h1-7,19H. The molecule has 2 aromatic carbocycles. The summed E-state index contributed by atoms with van der Waals surface area (Å²) >= 11 is 3.30. The first-order valence-corrected chi connectivity index (χ1v) is 6.51. The van der Waals surface area contributed by atoms with Gasteiger partial charge in [-0.2, -0.15) is 4.98 Å². The fourth-order valence-corrected chi connectivity index (χ4v) is 2.12. The molecule has 1 N–H and O–H groups in total. The van der Waals surface area contributed by atoms with Gasteiger partial charge < -0.3 is 9.63 Å². The molecule has 20 heavy (non-hydrogen) atoms. The van der Waals surface area contributed by atoms with Gasteiger partial charge in [0.25, 0.3) is 5.89 Å². The van der Waals surface area contributed by atoms with Crippen LogP contribution in [0.1, 0.15) is 0 Å². The normalized spacial score (nSPS) is 10.7. The van der Waals surface area contributed by atoms with Crippen molar-refractivity contribution < 1.29 is 14.0 Å². The summed E-state index contributed by atoms with van der Waals surface area (Å²) in [6.07, 6.45) is 0. The summed E-state index contributed by atoms with van der Waals surface area (Å²) in [6, 6.07) is 10.8. The Balaban J connectivity index is 2.04. The van der Waals surface area contributed by atoms with Gasteiger partial charge in [-0.25, -0.2) is 4.39 Å². The average Bonchev–Trinajstić information content (AvgIpc) is 2.91. The van der Waals surface area contributed by atoms with Crippen molar-refractivity contribution in [2.24, 2.45) is 0 Å².